The van der Waals surface area contributed by atoms with E-state index < -0.39 is 0 Å². The van der Waals surface area contributed by atoms with Gasteiger partial charge in [-0.1, -0.05) is 101 Å². The van der Waals surface area contributed by atoms with E-state index in [2.05, 4.69) is 76.0 Å². The third-order valence-electron chi connectivity index (χ3n) is 3.80. The van der Waals surface area contributed by atoms with Crippen LogP contribution in [0.3, 0.4) is 0 Å². The lowest BCUT2D eigenvalue weighted by Gasteiger charge is -2.04. The number of benzene rings is 2. The van der Waals surface area contributed by atoms with Gasteiger partial charge in [0.1, 0.15) is 0 Å². The maximum Gasteiger partial charge on any atom is 0.0662 e. The van der Waals surface area contributed by atoms with Gasteiger partial charge in [0.05, 0.1) is 5.69 Å². The molecule has 25 heavy (non-hydrogen) atoms. The molecular formula is C24H37N. The van der Waals surface area contributed by atoms with Crippen LogP contribution in [0.5, 0.6) is 0 Å². The summed E-state index contributed by atoms with van der Waals surface area (Å²) in [4.78, 5) is 4.69. The molecule has 138 valence electrons. The Balaban J connectivity index is 0.000000614. The van der Waals surface area contributed by atoms with Gasteiger partial charge in [-0.15, -0.1) is 0 Å². The largest absolute Gasteiger partial charge is 0.253 e. The van der Waals surface area contributed by atoms with Crippen molar-refractivity contribution in [3.05, 3.63) is 65.2 Å². The average molecular weight is 340 g/mol. The zero-order valence-corrected chi connectivity index (χ0v) is 17.4. The lowest BCUT2D eigenvalue weighted by molar-refractivity contribution is 0.702. The highest BCUT2D eigenvalue weighted by molar-refractivity contribution is 6.00. The van der Waals surface area contributed by atoms with Crippen molar-refractivity contribution in [3.63, 3.8) is 0 Å². The molecule has 2 aromatic carbocycles. The van der Waals surface area contributed by atoms with Crippen LogP contribution in [0.2, 0.25) is 0 Å². The highest BCUT2D eigenvalue weighted by atomic mass is 14.7. The molecule has 0 radical (unpaired) electrons. The summed E-state index contributed by atoms with van der Waals surface area (Å²) in [5, 5.41) is 0. The maximum absolute atomic E-state index is 4.69. The second kappa shape index (κ2) is 14.5. The lowest BCUT2D eigenvalue weighted by atomic mass is 10.1. The summed E-state index contributed by atoms with van der Waals surface area (Å²) in [5.74, 6) is 0. The van der Waals surface area contributed by atoms with Crippen molar-refractivity contribution in [1.82, 2.24) is 0 Å². The van der Waals surface area contributed by atoms with Crippen LogP contribution in [-0.2, 0) is 0 Å². The van der Waals surface area contributed by atoms with E-state index in [1.807, 2.05) is 26.0 Å². The first-order chi connectivity index (χ1) is 12.1. The fourth-order valence-corrected chi connectivity index (χ4v) is 2.30. The molecular weight excluding hydrogens is 302 g/mol. The standard InChI is InChI=1S/C16H17N.C6H14.C2H6/c1-12-7-6-9-15(11-12)14(3)17-16-10-5-4-8-13(16)2;1-3-5-6-4-2;1-2/h4-11H,1-3H3;3-6H2,1-2H3;1-2H3. The van der Waals surface area contributed by atoms with Crippen molar-refractivity contribution >= 4 is 11.4 Å². The Hall–Kier alpha value is -1.89. The van der Waals surface area contributed by atoms with Gasteiger partial charge in [-0.3, -0.25) is 4.99 Å². The quantitative estimate of drug-likeness (QED) is 0.386. The molecule has 0 aromatic heterocycles. The van der Waals surface area contributed by atoms with Crippen molar-refractivity contribution < 1.29 is 0 Å². The molecule has 1 heteroatoms. The molecule has 0 bridgehead atoms. The monoisotopic (exact) mass is 339 g/mol. The van der Waals surface area contributed by atoms with Gasteiger partial charge in [0.25, 0.3) is 0 Å². The third kappa shape index (κ3) is 9.86. The summed E-state index contributed by atoms with van der Waals surface area (Å²) in [6.45, 7) is 14.7. The Labute approximate surface area is 156 Å². The topological polar surface area (TPSA) is 12.4 Å². The summed E-state index contributed by atoms with van der Waals surface area (Å²) in [5.41, 5.74) is 5.77. The molecule has 0 aliphatic rings. The summed E-state index contributed by atoms with van der Waals surface area (Å²) in [7, 11) is 0. The van der Waals surface area contributed by atoms with E-state index in [0.717, 1.165) is 11.4 Å². The molecule has 0 N–H and O–H groups in total. The van der Waals surface area contributed by atoms with Gasteiger partial charge in [-0.05, 0) is 38.0 Å². The minimum atomic E-state index is 1.05. The summed E-state index contributed by atoms with van der Waals surface area (Å²) < 4.78 is 0. The smallest absolute Gasteiger partial charge is 0.0662 e. The molecule has 0 aliphatic heterocycles. The second-order valence-electron chi connectivity index (χ2n) is 6.06. The fourth-order valence-electron chi connectivity index (χ4n) is 2.30. The van der Waals surface area contributed by atoms with Crippen LogP contribution >= 0.6 is 0 Å². The maximum atomic E-state index is 4.69. The Kier molecular flexibility index (Phi) is 13.4. The van der Waals surface area contributed by atoms with E-state index in [1.54, 1.807) is 0 Å². The zero-order valence-electron chi connectivity index (χ0n) is 17.4. The molecule has 0 unspecified atom stereocenters. The van der Waals surface area contributed by atoms with Gasteiger partial charge in [0, 0.05) is 5.71 Å². The van der Waals surface area contributed by atoms with Gasteiger partial charge in [-0.25, -0.2) is 0 Å². The Morgan fingerprint density at radius 3 is 1.96 bits per heavy atom. The predicted molar refractivity (Wildman–Crippen MR) is 115 cm³/mol. The minimum absolute atomic E-state index is 1.05. The Bertz CT molecular complexity index is 607. The number of rotatable bonds is 5. The van der Waals surface area contributed by atoms with Crippen LogP contribution in [0.15, 0.2) is 53.5 Å². The van der Waals surface area contributed by atoms with Crippen molar-refractivity contribution in [2.45, 2.75) is 74.1 Å². The first-order valence-electron chi connectivity index (χ1n) is 9.76. The van der Waals surface area contributed by atoms with Crippen LogP contribution < -0.4 is 0 Å². The molecule has 2 aromatic rings. The second-order valence-corrected chi connectivity index (χ2v) is 6.06. The van der Waals surface area contributed by atoms with Gasteiger partial charge >= 0.3 is 0 Å². The summed E-state index contributed by atoms with van der Waals surface area (Å²) >= 11 is 0. The van der Waals surface area contributed by atoms with Crippen molar-refractivity contribution in [2.24, 2.45) is 4.99 Å². The van der Waals surface area contributed by atoms with E-state index in [-0.39, 0.29) is 0 Å². The number of nitrogens with zero attached hydrogens (tertiary/aromatic N) is 1. The molecule has 0 heterocycles. The number of para-hydroxylation sites is 1. The highest BCUT2D eigenvalue weighted by Gasteiger charge is 1.99. The van der Waals surface area contributed by atoms with Crippen LogP contribution in [0.25, 0.3) is 0 Å². The van der Waals surface area contributed by atoms with Crippen molar-refractivity contribution in [1.29, 1.82) is 0 Å². The number of unbranched alkanes of at least 4 members (excludes halogenated alkanes) is 3. The molecule has 1 nitrogen and oxygen atoms in total. The third-order valence-corrected chi connectivity index (χ3v) is 3.80. The summed E-state index contributed by atoms with van der Waals surface area (Å²) in [6, 6.07) is 16.6. The van der Waals surface area contributed by atoms with Crippen LogP contribution in [0.4, 0.5) is 5.69 Å². The molecule has 0 fully saturated rings. The average Bonchev–Trinajstić information content (AvgIpc) is 2.64. The summed E-state index contributed by atoms with van der Waals surface area (Å²) in [6.07, 6.45) is 5.54. The van der Waals surface area contributed by atoms with Crippen LogP contribution in [0, 0.1) is 13.8 Å². The Morgan fingerprint density at radius 1 is 0.840 bits per heavy atom. The molecule has 0 aliphatic carbocycles. The van der Waals surface area contributed by atoms with Gasteiger partial charge in [-0.2, -0.15) is 0 Å². The van der Waals surface area contributed by atoms with E-state index >= 15 is 0 Å². The van der Waals surface area contributed by atoms with Gasteiger partial charge < -0.3 is 0 Å². The molecule has 0 spiro atoms. The number of aryl methyl sites for hydroxylation is 2. The van der Waals surface area contributed by atoms with E-state index in [1.165, 1.54) is 42.4 Å². The normalized spacial score (nSPS) is 10.3. The first kappa shape index (κ1) is 23.1. The van der Waals surface area contributed by atoms with E-state index in [9.17, 15) is 0 Å². The minimum Gasteiger partial charge on any atom is -0.253 e. The van der Waals surface area contributed by atoms with Gasteiger partial charge in [0.2, 0.25) is 0 Å². The SMILES string of the molecule is CC.CC(=Nc1ccccc1C)c1cccc(C)c1.CCCCCC. The zero-order chi connectivity index (χ0) is 19.1. The number of aliphatic imine (C=N–C) groups is 1. The molecule has 0 saturated heterocycles. The highest BCUT2D eigenvalue weighted by Crippen LogP contribution is 2.19. The fraction of sp³-hybridized carbons (Fsp3) is 0.458. The predicted octanol–water partition coefficient (Wildman–Crippen LogP) is 8.06. The molecule has 0 atom stereocenters. The lowest BCUT2D eigenvalue weighted by Crippen LogP contribution is -1.94. The molecule has 0 saturated carbocycles. The van der Waals surface area contributed by atoms with Crippen molar-refractivity contribution in [2.75, 3.05) is 0 Å². The molecule has 2 rings (SSSR count). The number of hydrogen-bond acceptors (Lipinski definition) is 1. The van der Waals surface area contributed by atoms with E-state index in [4.69, 9.17) is 0 Å². The van der Waals surface area contributed by atoms with Crippen LogP contribution in [-0.4, -0.2) is 5.71 Å². The van der Waals surface area contributed by atoms with Gasteiger partial charge in [0.15, 0.2) is 0 Å². The van der Waals surface area contributed by atoms with Crippen molar-refractivity contribution in [3.8, 4) is 0 Å². The molecule has 0 amide bonds. The Morgan fingerprint density at radius 2 is 1.44 bits per heavy atom. The van der Waals surface area contributed by atoms with E-state index in [0.29, 0.717) is 0 Å². The number of hydrogen-bond donors (Lipinski definition) is 0. The van der Waals surface area contributed by atoms with Crippen LogP contribution in [0.1, 0.15) is 77.0 Å². The first-order valence-corrected chi connectivity index (χ1v) is 9.76.